The quantitative estimate of drug-likeness (QED) is 0.375. The monoisotopic (exact) mass is 482 g/mol. The summed E-state index contributed by atoms with van der Waals surface area (Å²) in [7, 11) is -0.922. The Balaban J connectivity index is 1.86. The van der Waals surface area contributed by atoms with Crippen molar-refractivity contribution in [1.29, 1.82) is 0 Å². The molecule has 2 aromatic carbocycles. The lowest BCUT2D eigenvalue weighted by molar-refractivity contribution is -0.136. The smallest absolute Gasteiger partial charge is 0.314 e. The summed E-state index contributed by atoms with van der Waals surface area (Å²) < 4.78 is 23.5. The SMILES string of the molecule is CCC(CC)(c1ccc(CS(=O)C(C)(C)C)c(C)c1)c1ccc(OCC2=CCC(=O)O2)c(C)c1. The number of hydrogen-bond donors (Lipinski definition) is 0. The highest BCUT2D eigenvalue weighted by Crippen LogP contribution is 2.41. The van der Waals surface area contributed by atoms with E-state index in [-0.39, 0.29) is 22.7 Å². The van der Waals surface area contributed by atoms with Gasteiger partial charge in [0.15, 0.2) is 0 Å². The molecule has 4 nitrogen and oxygen atoms in total. The van der Waals surface area contributed by atoms with E-state index >= 15 is 0 Å². The van der Waals surface area contributed by atoms with E-state index in [1.54, 1.807) is 6.08 Å². The zero-order chi connectivity index (χ0) is 25.1. The van der Waals surface area contributed by atoms with Crippen LogP contribution >= 0.6 is 0 Å². The molecule has 3 rings (SSSR count). The van der Waals surface area contributed by atoms with Crippen LogP contribution in [-0.2, 0) is 31.5 Å². The minimum atomic E-state index is -0.922. The third-order valence-corrected chi connectivity index (χ3v) is 8.85. The van der Waals surface area contributed by atoms with Crippen LogP contribution in [-0.4, -0.2) is 21.5 Å². The molecule has 5 heteroatoms. The van der Waals surface area contributed by atoms with Gasteiger partial charge in [-0.05, 0) is 87.4 Å². The molecule has 0 N–H and O–H groups in total. The van der Waals surface area contributed by atoms with Crippen molar-refractivity contribution in [3.63, 3.8) is 0 Å². The maximum atomic E-state index is 12.7. The fourth-order valence-electron chi connectivity index (χ4n) is 4.52. The van der Waals surface area contributed by atoms with Crippen molar-refractivity contribution in [1.82, 2.24) is 0 Å². The largest absolute Gasteiger partial charge is 0.485 e. The van der Waals surface area contributed by atoms with Gasteiger partial charge in [0.2, 0.25) is 0 Å². The van der Waals surface area contributed by atoms with E-state index in [2.05, 4.69) is 58.0 Å². The first-order chi connectivity index (χ1) is 16.0. The topological polar surface area (TPSA) is 52.6 Å². The molecule has 1 heterocycles. The van der Waals surface area contributed by atoms with Gasteiger partial charge in [-0.15, -0.1) is 0 Å². The molecule has 0 spiro atoms. The van der Waals surface area contributed by atoms with Crippen LogP contribution in [0.4, 0.5) is 0 Å². The van der Waals surface area contributed by atoms with Gasteiger partial charge in [-0.1, -0.05) is 44.2 Å². The highest BCUT2D eigenvalue weighted by molar-refractivity contribution is 7.85. The van der Waals surface area contributed by atoms with E-state index in [9.17, 15) is 9.00 Å². The molecule has 1 atom stereocenters. The van der Waals surface area contributed by atoms with Crippen molar-refractivity contribution in [2.75, 3.05) is 6.61 Å². The second-order valence-electron chi connectivity index (χ2n) is 10.2. The van der Waals surface area contributed by atoms with Gasteiger partial charge < -0.3 is 9.47 Å². The summed E-state index contributed by atoms with van der Waals surface area (Å²) >= 11 is 0. The summed E-state index contributed by atoms with van der Waals surface area (Å²) in [6.07, 6.45) is 4.03. The molecule has 1 aliphatic heterocycles. The average Bonchev–Trinajstić information content (AvgIpc) is 3.20. The predicted octanol–water partition coefficient (Wildman–Crippen LogP) is 6.67. The molecule has 1 unspecified atom stereocenters. The lowest BCUT2D eigenvalue weighted by Crippen LogP contribution is -2.27. The maximum Gasteiger partial charge on any atom is 0.314 e. The van der Waals surface area contributed by atoms with Crippen LogP contribution < -0.4 is 4.74 Å². The van der Waals surface area contributed by atoms with Gasteiger partial charge in [0.05, 0.1) is 6.42 Å². The van der Waals surface area contributed by atoms with E-state index < -0.39 is 10.8 Å². The molecule has 1 aliphatic rings. The number of ether oxygens (including phenoxy) is 2. The van der Waals surface area contributed by atoms with Gasteiger partial charge in [-0.3, -0.25) is 9.00 Å². The van der Waals surface area contributed by atoms with Gasteiger partial charge in [-0.25, -0.2) is 0 Å². The van der Waals surface area contributed by atoms with Crippen LogP contribution in [0.15, 0.2) is 48.2 Å². The first-order valence-electron chi connectivity index (χ1n) is 12.1. The first-order valence-corrected chi connectivity index (χ1v) is 13.4. The van der Waals surface area contributed by atoms with Crippen LogP contribution in [0, 0.1) is 13.8 Å². The zero-order valence-corrected chi connectivity index (χ0v) is 22.4. The van der Waals surface area contributed by atoms with Gasteiger partial charge >= 0.3 is 5.97 Å². The van der Waals surface area contributed by atoms with Crippen molar-refractivity contribution in [3.05, 3.63) is 76.1 Å². The molecular weight excluding hydrogens is 444 g/mol. The molecule has 0 aliphatic carbocycles. The Kier molecular flexibility index (Phi) is 8.07. The molecule has 184 valence electrons. The molecule has 0 saturated heterocycles. The van der Waals surface area contributed by atoms with Crippen LogP contribution in [0.1, 0.15) is 81.7 Å². The Morgan fingerprint density at radius 2 is 1.59 bits per heavy atom. The van der Waals surface area contributed by atoms with E-state index in [4.69, 9.17) is 9.47 Å². The summed E-state index contributed by atoms with van der Waals surface area (Å²) in [5.74, 6) is 1.72. The summed E-state index contributed by atoms with van der Waals surface area (Å²) in [6, 6.07) is 13.1. The van der Waals surface area contributed by atoms with Gasteiger partial charge in [0, 0.05) is 26.7 Å². The Morgan fingerprint density at radius 3 is 2.09 bits per heavy atom. The third-order valence-electron chi connectivity index (χ3n) is 6.91. The lowest BCUT2D eigenvalue weighted by atomic mass is 9.70. The first kappa shape index (κ1) is 26.2. The number of cyclic esters (lactones) is 1. The molecule has 2 aromatic rings. The Morgan fingerprint density at radius 1 is 0.971 bits per heavy atom. The van der Waals surface area contributed by atoms with Gasteiger partial charge in [0.25, 0.3) is 0 Å². The molecule has 0 radical (unpaired) electrons. The molecule has 0 bridgehead atoms. The van der Waals surface area contributed by atoms with Crippen LogP contribution in [0.2, 0.25) is 0 Å². The summed E-state index contributed by atoms with van der Waals surface area (Å²) in [6.45, 7) is 15.0. The highest BCUT2D eigenvalue weighted by Gasteiger charge is 2.32. The van der Waals surface area contributed by atoms with Gasteiger partial charge in [0.1, 0.15) is 18.1 Å². The van der Waals surface area contributed by atoms with Crippen molar-refractivity contribution >= 4 is 16.8 Å². The predicted molar refractivity (Wildman–Crippen MR) is 140 cm³/mol. The van der Waals surface area contributed by atoms with E-state index in [1.165, 1.54) is 16.7 Å². The standard InChI is InChI=1S/C29H38O4S/c1-8-29(9-2,23-11-10-22(20(3)16-23)19-34(31)28(5,6)7)24-12-14-26(21(4)17-24)32-18-25-13-15-27(30)33-25/h10-14,16-17H,8-9,15,18-19H2,1-7H3. The van der Waals surface area contributed by atoms with Crippen molar-refractivity contribution < 1.29 is 18.5 Å². The number of esters is 1. The summed E-state index contributed by atoms with van der Waals surface area (Å²) in [5.41, 5.74) is 5.84. The maximum absolute atomic E-state index is 12.7. The molecule has 0 amide bonds. The molecule has 0 fully saturated rings. The second-order valence-corrected chi connectivity index (χ2v) is 12.4. The van der Waals surface area contributed by atoms with Crippen molar-refractivity contribution in [2.45, 2.75) is 83.6 Å². The third kappa shape index (κ3) is 5.63. The highest BCUT2D eigenvalue weighted by atomic mass is 32.2. The second kappa shape index (κ2) is 10.5. The lowest BCUT2D eigenvalue weighted by Gasteiger charge is -2.34. The number of aryl methyl sites for hydroxylation is 2. The fraction of sp³-hybridized carbons (Fsp3) is 0.483. The Bertz CT molecular complexity index is 1100. The minimum Gasteiger partial charge on any atom is -0.485 e. The number of hydrogen-bond acceptors (Lipinski definition) is 4. The van der Waals surface area contributed by atoms with E-state index in [1.807, 2.05) is 26.8 Å². The van der Waals surface area contributed by atoms with Crippen LogP contribution in [0.25, 0.3) is 0 Å². The van der Waals surface area contributed by atoms with Crippen LogP contribution in [0.3, 0.4) is 0 Å². The summed E-state index contributed by atoms with van der Waals surface area (Å²) in [5, 5.41) is 0. The fourth-order valence-corrected chi connectivity index (χ4v) is 5.56. The molecule has 0 aromatic heterocycles. The molecule has 34 heavy (non-hydrogen) atoms. The Labute approximate surface area is 207 Å². The average molecular weight is 483 g/mol. The molecule has 0 saturated carbocycles. The normalized spacial score (nSPS) is 15.1. The Hall–Kier alpha value is -2.40. The molecular formula is C29H38O4S. The summed E-state index contributed by atoms with van der Waals surface area (Å²) in [4.78, 5) is 11.3. The number of carbonyl (C=O) groups is 1. The van der Waals surface area contributed by atoms with E-state index in [0.717, 1.165) is 29.7 Å². The number of benzene rings is 2. The van der Waals surface area contributed by atoms with Crippen molar-refractivity contribution in [3.8, 4) is 5.75 Å². The van der Waals surface area contributed by atoms with Crippen molar-refractivity contribution in [2.24, 2.45) is 0 Å². The minimum absolute atomic E-state index is 0.112. The number of carbonyl (C=O) groups excluding carboxylic acids is 1. The van der Waals surface area contributed by atoms with Gasteiger partial charge in [-0.2, -0.15) is 0 Å². The zero-order valence-electron chi connectivity index (χ0n) is 21.6. The number of rotatable bonds is 9. The van der Waals surface area contributed by atoms with E-state index in [0.29, 0.717) is 17.9 Å². The van der Waals surface area contributed by atoms with Crippen LogP contribution in [0.5, 0.6) is 5.75 Å².